The molecular formula is C13H23N3O. The van der Waals surface area contributed by atoms with Gasteiger partial charge in [0.15, 0.2) is 0 Å². The van der Waals surface area contributed by atoms with E-state index >= 15 is 0 Å². The summed E-state index contributed by atoms with van der Waals surface area (Å²) in [5.41, 5.74) is 2.26. The average molecular weight is 237 g/mol. The minimum Gasteiger partial charge on any atom is -0.375 e. The second kappa shape index (κ2) is 6.17. The Hall–Kier alpha value is -0.870. The predicted molar refractivity (Wildman–Crippen MR) is 67.9 cm³/mol. The highest BCUT2D eigenvalue weighted by Gasteiger charge is 2.13. The van der Waals surface area contributed by atoms with Crippen LogP contribution < -0.4 is 5.32 Å². The molecule has 1 N–H and O–H groups in total. The van der Waals surface area contributed by atoms with Crippen LogP contribution in [0, 0.1) is 12.8 Å². The molecule has 1 aromatic rings. The first-order valence-corrected chi connectivity index (χ1v) is 6.61. The van der Waals surface area contributed by atoms with E-state index in [-0.39, 0.29) is 0 Å². The summed E-state index contributed by atoms with van der Waals surface area (Å²) < 4.78 is 7.77. The molecule has 4 nitrogen and oxygen atoms in total. The summed E-state index contributed by atoms with van der Waals surface area (Å²) in [6.07, 6.45) is 2.47. The maximum absolute atomic E-state index is 5.75. The Morgan fingerprint density at radius 3 is 3.18 bits per heavy atom. The first-order valence-electron chi connectivity index (χ1n) is 6.61. The van der Waals surface area contributed by atoms with E-state index in [4.69, 9.17) is 4.74 Å². The second-order valence-electron chi connectivity index (χ2n) is 4.79. The Morgan fingerprint density at radius 2 is 2.47 bits per heavy atom. The summed E-state index contributed by atoms with van der Waals surface area (Å²) in [5, 5.41) is 7.79. The van der Waals surface area contributed by atoms with Crippen LogP contribution in [0.15, 0.2) is 6.07 Å². The Morgan fingerprint density at radius 1 is 1.59 bits per heavy atom. The number of rotatable bonds is 6. The van der Waals surface area contributed by atoms with Crippen molar-refractivity contribution in [2.24, 2.45) is 5.92 Å². The summed E-state index contributed by atoms with van der Waals surface area (Å²) in [5.74, 6) is 0.813. The lowest BCUT2D eigenvalue weighted by atomic mass is 10.1. The third-order valence-corrected chi connectivity index (χ3v) is 3.37. The van der Waals surface area contributed by atoms with Crippen molar-refractivity contribution in [3.8, 4) is 0 Å². The lowest BCUT2D eigenvalue weighted by Gasteiger charge is -2.09. The highest BCUT2D eigenvalue weighted by atomic mass is 16.5. The van der Waals surface area contributed by atoms with Crippen molar-refractivity contribution in [3.05, 3.63) is 17.5 Å². The van der Waals surface area contributed by atoms with E-state index < -0.39 is 0 Å². The molecule has 2 rings (SSSR count). The van der Waals surface area contributed by atoms with Crippen molar-refractivity contribution in [3.63, 3.8) is 0 Å². The van der Waals surface area contributed by atoms with Crippen LogP contribution in [0.4, 0.5) is 0 Å². The van der Waals surface area contributed by atoms with E-state index in [1.165, 1.54) is 25.1 Å². The van der Waals surface area contributed by atoms with Crippen LogP contribution >= 0.6 is 0 Å². The third kappa shape index (κ3) is 3.54. The fourth-order valence-corrected chi connectivity index (χ4v) is 2.38. The van der Waals surface area contributed by atoms with Crippen molar-refractivity contribution in [2.45, 2.75) is 39.8 Å². The molecule has 1 saturated heterocycles. The number of hydrogen-bond donors (Lipinski definition) is 1. The van der Waals surface area contributed by atoms with Crippen LogP contribution in [-0.4, -0.2) is 29.5 Å². The van der Waals surface area contributed by atoms with E-state index in [0.29, 0.717) is 6.61 Å². The summed E-state index contributed by atoms with van der Waals surface area (Å²) in [4.78, 5) is 0. The van der Waals surface area contributed by atoms with E-state index in [2.05, 4.69) is 23.4 Å². The normalized spacial score (nSPS) is 20.0. The molecule has 0 aliphatic carbocycles. The number of hydrogen-bond acceptors (Lipinski definition) is 3. The Kier molecular flexibility index (Phi) is 4.57. The van der Waals surface area contributed by atoms with Gasteiger partial charge in [-0.3, -0.25) is 4.68 Å². The van der Waals surface area contributed by atoms with Gasteiger partial charge in [0.2, 0.25) is 0 Å². The molecule has 4 heteroatoms. The van der Waals surface area contributed by atoms with Gasteiger partial charge < -0.3 is 10.1 Å². The first-order chi connectivity index (χ1) is 8.29. The van der Waals surface area contributed by atoms with Gasteiger partial charge in [-0.15, -0.1) is 0 Å². The zero-order chi connectivity index (χ0) is 12.1. The standard InChI is InChI=1S/C13H23N3O/c1-3-16-13(8-11(2)15-16)10-17-7-5-12-4-6-14-9-12/h8,12,14H,3-7,9-10H2,1-2H3. The molecule has 1 aliphatic heterocycles. The zero-order valence-electron chi connectivity index (χ0n) is 10.9. The van der Waals surface area contributed by atoms with Crippen LogP contribution in [0.25, 0.3) is 0 Å². The van der Waals surface area contributed by atoms with Crippen molar-refractivity contribution >= 4 is 0 Å². The molecule has 1 atom stereocenters. The smallest absolute Gasteiger partial charge is 0.0884 e. The zero-order valence-corrected chi connectivity index (χ0v) is 10.9. The van der Waals surface area contributed by atoms with Gasteiger partial charge >= 0.3 is 0 Å². The minimum atomic E-state index is 0.689. The van der Waals surface area contributed by atoms with Gasteiger partial charge in [0.05, 0.1) is 18.0 Å². The van der Waals surface area contributed by atoms with Gasteiger partial charge in [0, 0.05) is 13.2 Å². The largest absolute Gasteiger partial charge is 0.375 e. The minimum absolute atomic E-state index is 0.689. The summed E-state index contributed by atoms with van der Waals surface area (Å²) in [6.45, 7) is 8.94. The van der Waals surface area contributed by atoms with Gasteiger partial charge in [-0.1, -0.05) is 0 Å². The maximum Gasteiger partial charge on any atom is 0.0884 e. The predicted octanol–water partition coefficient (Wildman–Crippen LogP) is 1.73. The fourth-order valence-electron chi connectivity index (χ4n) is 2.38. The monoisotopic (exact) mass is 237 g/mol. The Balaban J connectivity index is 1.70. The number of aromatic nitrogens is 2. The van der Waals surface area contributed by atoms with Gasteiger partial charge in [0.25, 0.3) is 0 Å². The number of aryl methyl sites for hydroxylation is 2. The van der Waals surface area contributed by atoms with E-state index in [9.17, 15) is 0 Å². The molecule has 1 aliphatic rings. The SMILES string of the molecule is CCn1nc(C)cc1COCCC1CCNC1. The summed E-state index contributed by atoms with van der Waals surface area (Å²) >= 11 is 0. The number of nitrogens with zero attached hydrogens (tertiary/aromatic N) is 2. The summed E-state index contributed by atoms with van der Waals surface area (Å²) in [7, 11) is 0. The Labute approximate surface area is 103 Å². The average Bonchev–Trinajstić information content (AvgIpc) is 2.93. The number of nitrogens with one attached hydrogen (secondary N) is 1. The molecule has 96 valence electrons. The first kappa shape index (κ1) is 12.6. The molecule has 17 heavy (non-hydrogen) atoms. The lowest BCUT2D eigenvalue weighted by Crippen LogP contribution is -2.11. The Bertz CT molecular complexity index is 342. The highest BCUT2D eigenvalue weighted by molar-refractivity contribution is 5.07. The molecule has 0 saturated carbocycles. The van der Waals surface area contributed by atoms with E-state index in [1.807, 2.05) is 11.6 Å². The van der Waals surface area contributed by atoms with E-state index in [0.717, 1.165) is 31.3 Å². The molecule has 2 heterocycles. The van der Waals surface area contributed by atoms with Gasteiger partial charge in [-0.05, 0) is 51.8 Å². The van der Waals surface area contributed by atoms with Crippen molar-refractivity contribution in [1.82, 2.24) is 15.1 Å². The van der Waals surface area contributed by atoms with Crippen molar-refractivity contribution < 1.29 is 4.74 Å². The molecule has 0 amide bonds. The highest BCUT2D eigenvalue weighted by Crippen LogP contribution is 2.12. The van der Waals surface area contributed by atoms with Crippen LogP contribution in [-0.2, 0) is 17.9 Å². The molecular weight excluding hydrogens is 214 g/mol. The topological polar surface area (TPSA) is 39.1 Å². The molecule has 0 aromatic carbocycles. The molecule has 0 bridgehead atoms. The quantitative estimate of drug-likeness (QED) is 0.766. The van der Waals surface area contributed by atoms with Crippen LogP contribution in [0.2, 0.25) is 0 Å². The molecule has 1 unspecified atom stereocenters. The number of ether oxygens (including phenoxy) is 1. The van der Waals surface area contributed by atoms with Gasteiger partial charge in [-0.25, -0.2) is 0 Å². The lowest BCUT2D eigenvalue weighted by molar-refractivity contribution is 0.104. The van der Waals surface area contributed by atoms with E-state index in [1.54, 1.807) is 0 Å². The molecule has 0 spiro atoms. The van der Waals surface area contributed by atoms with Gasteiger partial charge in [-0.2, -0.15) is 5.10 Å². The summed E-state index contributed by atoms with van der Waals surface area (Å²) in [6, 6.07) is 2.11. The third-order valence-electron chi connectivity index (χ3n) is 3.37. The molecule has 1 aromatic heterocycles. The van der Waals surface area contributed by atoms with Gasteiger partial charge in [0.1, 0.15) is 0 Å². The van der Waals surface area contributed by atoms with Crippen LogP contribution in [0.1, 0.15) is 31.2 Å². The molecule has 1 fully saturated rings. The van der Waals surface area contributed by atoms with Crippen LogP contribution in [0.3, 0.4) is 0 Å². The maximum atomic E-state index is 5.75. The second-order valence-corrected chi connectivity index (χ2v) is 4.79. The molecule has 0 radical (unpaired) electrons. The fraction of sp³-hybridized carbons (Fsp3) is 0.769. The van der Waals surface area contributed by atoms with Crippen molar-refractivity contribution in [2.75, 3.05) is 19.7 Å². The van der Waals surface area contributed by atoms with Crippen LogP contribution in [0.5, 0.6) is 0 Å². The van der Waals surface area contributed by atoms with Crippen molar-refractivity contribution in [1.29, 1.82) is 0 Å².